The van der Waals surface area contributed by atoms with Gasteiger partial charge in [0.15, 0.2) is 0 Å². The first-order valence-electron chi connectivity index (χ1n) is 8.54. The number of hydrogen-bond donors (Lipinski definition) is 1. The van der Waals surface area contributed by atoms with Crippen molar-refractivity contribution in [3.63, 3.8) is 0 Å². The first-order chi connectivity index (χ1) is 11.9. The molecule has 2 aromatic carbocycles. The SMILES string of the molecule is CC(=O)N(CCC(=O)NCc1cccc(C)c1)c1ccc(C)cc1C. The van der Waals surface area contributed by atoms with Crippen molar-refractivity contribution in [3.8, 4) is 0 Å². The molecular weight excluding hydrogens is 312 g/mol. The molecule has 0 atom stereocenters. The van der Waals surface area contributed by atoms with Crippen molar-refractivity contribution >= 4 is 17.5 Å². The minimum Gasteiger partial charge on any atom is -0.352 e. The fraction of sp³-hybridized carbons (Fsp3) is 0.333. The van der Waals surface area contributed by atoms with Crippen molar-refractivity contribution < 1.29 is 9.59 Å². The van der Waals surface area contributed by atoms with Crippen molar-refractivity contribution in [1.29, 1.82) is 0 Å². The number of rotatable bonds is 6. The minimum absolute atomic E-state index is 0.0570. The lowest BCUT2D eigenvalue weighted by atomic mass is 10.1. The number of hydrogen-bond acceptors (Lipinski definition) is 2. The highest BCUT2D eigenvalue weighted by molar-refractivity contribution is 5.93. The molecule has 0 spiro atoms. The number of amides is 2. The van der Waals surface area contributed by atoms with Crippen LogP contribution in [0.25, 0.3) is 0 Å². The Bertz CT molecular complexity index is 768. The van der Waals surface area contributed by atoms with E-state index in [1.54, 1.807) is 4.90 Å². The lowest BCUT2D eigenvalue weighted by Crippen LogP contribution is -2.34. The quantitative estimate of drug-likeness (QED) is 0.873. The monoisotopic (exact) mass is 338 g/mol. The highest BCUT2D eigenvalue weighted by atomic mass is 16.2. The fourth-order valence-corrected chi connectivity index (χ4v) is 2.88. The number of carbonyl (C=O) groups excluding carboxylic acids is 2. The van der Waals surface area contributed by atoms with Crippen molar-refractivity contribution in [2.45, 2.75) is 40.7 Å². The first-order valence-corrected chi connectivity index (χ1v) is 8.54. The second-order valence-corrected chi connectivity index (χ2v) is 6.48. The molecule has 0 unspecified atom stereocenters. The Balaban J connectivity index is 1.94. The summed E-state index contributed by atoms with van der Waals surface area (Å²) >= 11 is 0. The number of anilines is 1. The maximum Gasteiger partial charge on any atom is 0.223 e. The van der Waals surface area contributed by atoms with E-state index < -0.39 is 0 Å². The maximum atomic E-state index is 12.1. The van der Waals surface area contributed by atoms with Crippen molar-refractivity contribution in [1.82, 2.24) is 5.32 Å². The van der Waals surface area contributed by atoms with E-state index in [-0.39, 0.29) is 18.2 Å². The van der Waals surface area contributed by atoms with Gasteiger partial charge in [0.25, 0.3) is 0 Å². The van der Waals surface area contributed by atoms with E-state index in [0.717, 1.165) is 22.4 Å². The molecule has 0 fully saturated rings. The van der Waals surface area contributed by atoms with Gasteiger partial charge in [-0.25, -0.2) is 0 Å². The summed E-state index contributed by atoms with van der Waals surface area (Å²) < 4.78 is 0. The number of aryl methyl sites for hydroxylation is 3. The zero-order chi connectivity index (χ0) is 18.4. The molecule has 0 saturated heterocycles. The van der Waals surface area contributed by atoms with Crippen LogP contribution in [0.15, 0.2) is 42.5 Å². The minimum atomic E-state index is -0.0579. The Kier molecular flexibility index (Phi) is 6.34. The predicted octanol–water partition coefficient (Wildman–Crippen LogP) is 3.67. The van der Waals surface area contributed by atoms with Crippen LogP contribution in [-0.2, 0) is 16.1 Å². The molecule has 0 aliphatic carbocycles. The zero-order valence-corrected chi connectivity index (χ0v) is 15.4. The van der Waals surface area contributed by atoms with Gasteiger partial charge in [0.1, 0.15) is 0 Å². The molecule has 0 heterocycles. The normalized spacial score (nSPS) is 10.4. The van der Waals surface area contributed by atoms with Crippen LogP contribution < -0.4 is 10.2 Å². The van der Waals surface area contributed by atoms with E-state index in [0.29, 0.717) is 13.1 Å². The van der Waals surface area contributed by atoms with Gasteiger partial charge < -0.3 is 10.2 Å². The van der Waals surface area contributed by atoms with Crippen molar-refractivity contribution in [2.75, 3.05) is 11.4 Å². The van der Waals surface area contributed by atoms with Crippen molar-refractivity contribution in [2.24, 2.45) is 0 Å². The number of nitrogens with zero attached hydrogens (tertiary/aromatic N) is 1. The molecule has 0 radical (unpaired) electrons. The third kappa shape index (κ3) is 5.45. The average molecular weight is 338 g/mol. The molecule has 0 bridgehead atoms. The van der Waals surface area contributed by atoms with Gasteiger partial charge >= 0.3 is 0 Å². The third-order valence-corrected chi connectivity index (χ3v) is 4.16. The molecule has 4 heteroatoms. The summed E-state index contributed by atoms with van der Waals surface area (Å²) in [6.07, 6.45) is 0.277. The molecule has 0 aliphatic heterocycles. The Morgan fingerprint density at radius 2 is 1.72 bits per heavy atom. The van der Waals surface area contributed by atoms with Crippen LogP contribution in [0, 0.1) is 20.8 Å². The lowest BCUT2D eigenvalue weighted by molar-refractivity contribution is -0.121. The topological polar surface area (TPSA) is 49.4 Å². The molecule has 4 nitrogen and oxygen atoms in total. The molecule has 25 heavy (non-hydrogen) atoms. The average Bonchev–Trinajstić information content (AvgIpc) is 2.54. The third-order valence-electron chi connectivity index (χ3n) is 4.16. The standard InChI is InChI=1S/C21H26N2O2/c1-15-6-5-7-19(13-15)14-22-21(25)10-11-23(18(4)24)20-9-8-16(2)12-17(20)3/h5-9,12-13H,10-11,14H2,1-4H3,(H,22,25). The highest BCUT2D eigenvalue weighted by Crippen LogP contribution is 2.21. The molecule has 0 aromatic heterocycles. The van der Waals surface area contributed by atoms with E-state index in [1.165, 1.54) is 12.5 Å². The van der Waals surface area contributed by atoms with Gasteiger partial charge in [-0.15, -0.1) is 0 Å². The van der Waals surface area contributed by atoms with Crippen LogP contribution in [0.2, 0.25) is 0 Å². The van der Waals surface area contributed by atoms with E-state index in [1.807, 2.05) is 57.2 Å². The van der Waals surface area contributed by atoms with Gasteiger partial charge in [0.05, 0.1) is 0 Å². The summed E-state index contributed by atoms with van der Waals surface area (Å²) in [4.78, 5) is 25.8. The van der Waals surface area contributed by atoms with Crippen molar-refractivity contribution in [3.05, 3.63) is 64.7 Å². The van der Waals surface area contributed by atoms with Crippen LogP contribution in [0.4, 0.5) is 5.69 Å². The van der Waals surface area contributed by atoms with Crippen LogP contribution in [0.5, 0.6) is 0 Å². The van der Waals surface area contributed by atoms with Crippen LogP contribution in [0.1, 0.15) is 35.6 Å². The smallest absolute Gasteiger partial charge is 0.223 e. The number of nitrogens with one attached hydrogen (secondary N) is 1. The zero-order valence-electron chi connectivity index (χ0n) is 15.4. The Morgan fingerprint density at radius 3 is 2.36 bits per heavy atom. The van der Waals surface area contributed by atoms with Gasteiger partial charge in [0.2, 0.25) is 11.8 Å². The molecule has 0 saturated carbocycles. The molecule has 132 valence electrons. The van der Waals surface area contributed by atoms with E-state index >= 15 is 0 Å². The highest BCUT2D eigenvalue weighted by Gasteiger charge is 2.15. The second-order valence-electron chi connectivity index (χ2n) is 6.48. The molecule has 1 N–H and O–H groups in total. The summed E-state index contributed by atoms with van der Waals surface area (Å²) in [5, 5.41) is 2.92. The summed E-state index contributed by atoms with van der Waals surface area (Å²) in [5.74, 6) is -0.115. The van der Waals surface area contributed by atoms with E-state index in [2.05, 4.69) is 11.4 Å². The van der Waals surface area contributed by atoms with E-state index in [4.69, 9.17) is 0 Å². The second kappa shape index (κ2) is 8.47. The molecule has 2 amide bonds. The maximum absolute atomic E-state index is 12.1. The van der Waals surface area contributed by atoms with Gasteiger partial charge in [-0.2, -0.15) is 0 Å². The Morgan fingerprint density at radius 1 is 1.00 bits per heavy atom. The van der Waals surface area contributed by atoms with Crippen LogP contribution in [0.3, 0.4) is 0 Å². The predicted molar refractivity (Wildman–Crippen MR) is 102 cm³/mol. The Labute approximate surface area is 149 Å². The number of benzene rings is 2. The van der Waals surface area contributed by atoms with Gasteiger partial charge in [-0.1, -0.05) is 47.5 Å². The summed E-state index contributed by atoms with van der Waals surface area (Å²) in [5.41, 5.74) is 5.30. The van der Waals surface area contributed by atoms with Gasteiger partial charge in [0, 0.05) is 32.1 Å². The molecule has 2 aromatic rings. The molecular formula is C21H26N2O2. The van der Waals surface area contributed by atoms with Crippen LogP contribution in [-0.4, -0.2) is 18.4 Å². The lowest BCUT2D eigenvalue weighted by Gasteiger charge is -2.23. The molecule has 0 aliphatic rings. The fourth-order valence-electron chi connectivity index (χ4n) is 2.88. The van der Waals surface area contributed by atoms with Gasteiger partial charge in [-0.3, -0.25) is 9.59 Å². The first kappa shape index (κ1) is 18.7. The summed E-state index contributed by atoms with van der Waals surface area (Å²) in [6.45, 7) is 8.44. The largest absolute Gasteiger partial charge is 0.352 e. The van der Waals surface area contributed by atoms with Crippen LogP contribution >= 0.6 is 0 Å². The van der Waals surface area contributed by atoms with E-state index in [9.17, 15) is 9.59 Å². The molecule has 2 rings (SSSR count). The summed E-state index contributed by atoms with van der Waals surface area (Å²) in [6, 6.07) is 14.0. The van der Waals surface area contributed by atoms with Gasteiger partial charge in [-0.05, 0) is 38.0 Å². The Hall–Kier alpha value is -2.62. The summed E-state index contributed by atoms with van der Waals surface area (Å²) in [7, 11) is 0. The number of carbonyl (C=O) groups is 2.